The van der Waals surface area contributed by atoms with Crippen LogP contribution < -0.4 is 0 Å². The first kappa shape index (κ1) is 12.0. The summed E-state index contributed by atoms with van der Waals surface area (Å²) < 4.78 is 4.44. The summed E-state index contributed by atoms with van der Waals surface area (Å²) in [6, 6.07) is 6.88. The fraction of sp³-hybridized carbons (Fsp3) is 0.333. The Hall–Kier alpha value is -1.75. The highest BCUT2D eigenvalue weighted by molar-refractivity contribution is 7.98. The van der Waals surface area contributed by atoms with Crippen LogP contribution in [0.3, 0.4) is 0 Å². The summed E-state index contributed by atoms with van der Waals surface area (Å²) in [6.45, 7) is 2.10. The van der Waals surface area contributed by atoms with Crippen LogP contribution >= 0.6 is 11.8 Å². The van der Waals surface area contributed by atoms with Crippen LogP contribution in [-0.4, -0.2) is 18.9 Å². The first-order valence-corrected chi connectivity index (χ1v) is 7.89. The first-order chi connectivity index (χ1) is 9.81. The largest absolute Gasteiger partial charge is 0.323 e. The normalized spacial score (nSPS) is 15.1. The molecular weight excluding hydrogens is 268 g/mol. The SMILES string of the molecule is Cc1cccc2nc(CSc3nccn3C3CC3)cn12. The predicted octanol–water partition coefficient (Wildman–Crippen LogP) is 3.47. The number of aryl methyl sites for hydroxylation is 1. The van der Waals surface area contributed by atoms with Gasteiger partial charge < -0.3 is 8.97 Å². The van der Waals surface area contributed by atoms with Gasteiger partial charge in [-0.3, -0.25) is 0 Å². The highest BCUT2D eigenvalue weighted by Crippen LogP contribution is 2.38. The van der Waals surface area contributed by atoms with E-state index in [-0.39, 0.29) is 0 Å². The van der Waals surface area contributed by atoms with Gasteiger partial charge >= 0.3 is 0 Å². The average Bonchev–Trinajstić information content (AvgIpc) is 3.02. The second-order valence-electron chi connectivity index (χ2n) is 5.26. The summed E-state index contributed by atoms with van der Waals surface area (Å²) in [6.07, 6.45) is 8.69. The second kappa shape index (κ2) is 4.66. The van der Waals surface area contributed by atoms with Crippen LogP contribution in [-0.2, 0) is 5.75 Å². The molecule has 1 aliphatic carbocycles. The standard InChI is InChI=1S/C15H16N4S/c1-11-3-2-4-14-17-12(9-19(11)14)10-20-15-16-7-8-18(15)13-5-6-13/h2-4,7-9,13H,5-6,10H2,1H3. The van der Waals surface area contributed by atoms with Gasteiger partial charge in [-0.05, 0) is 31.9 Å². The number of fused-ring (bicyclic) bond motifs is 1. The van der Waals surface area contributed by atoms with Crippen molar-refractivity contribution in [2.24, 2.45) is 0 Å². The zero-order chi connectivity index (χ0) is 13.5. The summed E-state index contributed by atoms with van der Waals surface area (Å²) >= 11 is 1.77. The second-order valence-corrected chi connectivity index (χ2v) is 6.21. The van der Waals surface area contributed by atoms with E-state index in [0.29, 0.717) is 6.04 Å². The molecular formula is C15H16N4S. The molecule has 3 aromatic rings. The van der Waals surface area contributed by atoms with Crippen LogP contribution in [0.2, 0.25) is 0 Å². The molecule has 4 rings (SSSR count). The molecule has 0 aromatic carbocycles. The van der Waals surface area contributed by atoms with Gasteiger partial charge in [0, 0.05) is 36.1 Å². The minimum atomic E-state index is 0.684. The Labute approximate surface area is 121 Å². The quantitative estimate of drug-likeness (QED) is 0.688. The summed E-state index contributed by atoms with van der Waals surface area (Å²) in [5, 5.41) is 1.11. The number of pyridine rings is 1. The lowest BCUT2D eigenvalue weighted by Gasteiger charge is -2.03. The maximum Gasteiger partial charge on any atom is 0.168 e. The molecule has 0 amide bonds. The third-order valence-electron chi connectivity index (χ3n) is 3.67. The van der Waals surface area contributed by atoms with E-state index >= 15 is 0 Å². The van der Waals surface area contributed by atoms with Crippen LogP contribution in [0.4, 0.5) is 0 Å². The topological polar surface area (TPSA) is 35.1 Å². The van der Waals surface area contributed by atoms with E-state index in [0.717, 1.165) is 22.3 Å². The molecule has 0 aliphatic heterocycles. The molecule has 1 aliphatic rings. The Bertz CT molecular complexity index is 754. The van der Waals surface area contributed by atoms with Crippen LogP contribution in [0, 0.1) is 6.92 Å². The van der Waals surface area contributed by atoms with E-state index in [9.17, 15) is 0 Å². The molecule has 5 heteroatoms. The van der Waals surface area contributed by atoms with E-state index in [1.54, 1.807) is 11.8 Å². The lowest BCUT2D eigenvalue weighted by molar-refractivity contribution is 0.663. The molecule has 4 nitrogen and oxygen atoms in total. The van der Waals surface area contributed by atoms with Crippen LogP contribution in [0.15, 0.2) is 41.9 Å². The Balaban J connectivity index is 1.55. The van der Waals surface area contributed by atoms with Crippen molar-refractivity contribution in [2.45, 2.75) is 36.7 Å². The Morgan fingerprint density at radius 1 is 1.35 bits per heavy atom. The number of hydrogen-bond acceptors (Lipinski definition) is 3. The molecule has 102 valence electrons. The van der Waals surface area contributed by atoms with Crippen LogP contribution in [0.25, 0.3) is 5.65 Å². The summed E-state index contributed by atoms with van der Waals surface area (Å²) in [5.41, 5.74) is 3.34. The smallest absolute Gasteiger partial charge is 0.168 e. The minimum absolute atomic E-state index is 0.684. The van der Waals surface area contributed by atoms with Crippen molar-refractivity contribution in [2.75, 3.05) is 0 Å². The van der Waals surface area contributed by atoms with E-state index in [1.165, 1.54) is 18.5 Å². The molecule has 0 saturated heterocycles. The third kappa shape index (κ3) is 2.12. The van der Waals surface area contributed by atoms with Gasteiger partial charge in [-0.25, -0.2) is 9.97 Å². The van der Waals surface area contributed by atoms with Crippen molar-refractivity contribution in [1.29, 1.82) is 0 Å². The zero-order valence-electron chi connectivity index (χ0n) is 11.4. The molecule has 0 radical (unpaired) electrons. The van der Waals surface area contributed by atoms with Gasteiger partial charge in [0.05, 0.1) is 5.69 Å². The maximum atomic E-state index is 4.67. The average molecular weight is 284 g/mol. The molecule has 3 aromatic heterocycles. The van der Waals surface area contributed by atoms with E-state index < -0.39 is 0 Å². The molecule has 0 N–H and O–H groups in total. The molecule has 0 bridgehead atoms. The summed E-state index contributed by atoms with van der Waals surface area (Å²) in [4.78, 5) is 9.12. The maximum absolute atomic E-state index is 4.67. The number of thioether (sulfide) groups is 1. The number of hydrogen-bond donors (Lipinski definition) is 0. The lowest BCUT2D eigenvalue weighted by atomic mass is 10.4. The molecule has 3 heterocycles. The van der Waals surface area contributed by atoms with Gasteiger partial charge in [-0.2, -0.15) is 0 Å². The molecule has 1 saturated carbocycles. The van der Waals surface area contributed by atoms with E-state index in [1.807, 2.05) is 18.3 Å². The van der Waals surface area contributed by atoms with E-state index in [2.05, 4.69) is 44.3 Å². The van der Waals surface area contributed by atoms with Crippen LogP contribution in [0.5, 0.6) is 0 Å². The van der Waals surface area contributed by atoms with Gasteiger partial charge in [0.15, 0.2) is 5.16 Å². The number of imidazole rings is 2. The van der Waals surface area contributed by atoms with Crippen LogP contribution in [0.1, 0.15) is 30.3 Å². The van der Waals surface area contributed by atoms with Crippen molar-refractivity contribution >= 4 is 17.4 Å². The fourth-order valence-corrected chi connectivity index (χ4v) is 3.36. The van der Waals surface area contributed by atoms with Gasteiger partial charge in [0.2, 0.25) is 0 Å². The molecule has 0 unspecified atom stereocenters. The zero-order valence-corrected chi connectivity index (χ0v) is 12.2. The molecule has 20 heavy (non-hydrogen) atoms. The summed E-state index contributed by atoms with van der Waals surface area (Å²) in [7, 11) is 0. The molecule has 0 spiro atoms. The highest BCUT2D eigenvalue weighted by atomic mass is 32.2. The Kier molecular flexibility index (Phi) is 2.80. The van der Waals surface area contributed by atoms with Crippen molar-refractivity contribution < 1.29 is 0 Å². The van der Waals surface area contributed by atoms with Gasteiger partial charge in [0.25, 0.3) is 0 Å². The third-order valence-corrected chi connectivity index (χ3v) is 4.68. The lowest BCUT2D eigenvalue weighted by Crippen LogP contribution is -1.94. The highest BCUT2D eigenvalue weighted by Gasteiger charge is 2.25. The minimum Gasteiger partial charge on any atom is -0.323 e. The fourth-order valence-electron chi connectivity index (χ4n) is 2.45. The van der Waals surface area contributed by atoms with Gasteiger partial charge in [-0.1, -0.05) is 17.8 Å². The number of aromatic nitrogens is 4. The summed E-state index contributed by atoms with van der Waals surface area (Å²) in [5.74, 6) is 0.866. The number of rotatable bonds is 4. The van der Waals surface area contributed by atoms with Crippen molar-refractivity contribution in [1.82, 2.24) is 18.9 Å². The van der Waals surface area contributed by atoms with Gasteiger partial charge in [-0.15, -0.1) is 0 Å². The van der Waals surface area contributed by atoms with Crippen molar-refractivity contribution in [3.63, 3.8) is 0 Å². The Morgan fingerprint density at radius 2 is 2.25 bits per heavy atom. The monoisotopic (exact) mass is 284 g/mol. The predicted molar refractivity (Wildman–Crippen MR) is 80.0 cm³/mol. The van der Waals surface area contributed by atoms with Crippen molar-refractivity contribution in [3.8, 4) is 0 Å². The first-order valence-electron chi connectivity index (χ1n) is 6.90. The van der Waals surface area contributed by atoms with Gasteiger partial charge in [0.1, 0.15) is 5.65 Å². The Morgan fingerprint density at radius 3 is 3.05 bits per heavy atom. The molecule has 0 atom stereocenters. The number of nitrogens with zero attached hydrogens (tertiary/aromatic N) is 4. The van der Waals surface area contributed by atoms with Crippen molar-refractivity contribution in [3.05, 3.63) is 48.2 Å². The van der Waals surface area contributed by atoms with E-state index in [4.69, 9.17) is 0 Å². The molecule has 1 fully saturated rings.